The molecule has 118 valence electrons. The zero-order chi connectivity index (χ0) is 15.6. The van der Waals surface area contributed by atoms with Crippen molar-refractivity contribution in [2.24, 2.45) is 0 Å². The van der Waals surface area contributed by atoms with Gasteiger partial charge in [0.2, 0.25) is 16.9 Å². The number of rotatable bonds is 6. The molecular weight excluding hydrogens is 354 g/mol. The molecule has 0 saturated heterocycles. The number of nitrogens with zero attached hydrogens (tertiary/aromatic N) is 4. The van der Waals surface area contributed by atoms with E-state index in [4.69, 9.17) is 16.0 Å². The van der Waals surface area contributed by atoms with Crippen LogP contribution in [0.25, 0.3) is 11.5 Å². The fourth-order valence-corrected chi connectivity index (χ4v) is 3.66. The Balaban J connectivity index is 1.37. The number of nitrogens with one attached hydrogen (secondary N) is 1. The normalized spacial score (nSPS) is 14.1. The first kappa shape index (κ1) is 14.9. The number of halogens is 1. The Kier molecular flexibility index (Phi) is 4.19. The van der Waals surface area contributed by atoms with E-state index < -0.39 is 0 Å². The summed E-state index contributed by atoms with van der Waals surface area (Å²) >= 11 is 8.96. The maximum absolute atomic E-state index is 5.87. The summed E-state index contributed by atoms with van der Waals surface area (Å²) in [5, 5.41) is 21.3. The lowest BCUT2D eigenvalue weighted by Gasteiger charge is -1.95. The Bertz CT molecular complexity index is 800. The molecule has 0 aliphatic heterocycles. The third-order valence-corrected chi connectivity index (χ3v) is 5.41. The van der Waals surface area contributed by atoms with E-state index in [0.717, 1.165) is 15.0 Å². The maximum atomic E-state index is 5.87. The molecule has 1 N–H and O–H groups in total. The van der Waals surface area contributed by atoms with E-state index in [0.29, 0.717) is 28.6 Å². The van der Waals surface area contributed by atoms with Crippen LogP contribution < -0.4 is 5.32 Å². The SMILES string of the molecule is Clc1ccc(-c2nnc(CSc3nnc(NC4CC4)s3)o2)cc1. The van der Waals surface area contributed by atoms with Crippen molar-refractivity contribution in [3.8, 4) is 11.5 Å². The molecule has 3 aromatic rings. The van der Waals surface area contributed by atoms with Gasteiger partial charge in [-0.3, -0.25) is 0 Å². The van der Waals surface area contributed by atoms with E-state index >= 15 is 0 Å². The first-order valence-corrected chi connectivity index (χ1v) is 9.25. The average Bonchev–Trinajstić information content (AvgIpc) is 3.07. The summed E-state index contributed by atoms with van der Waals surface area (Å²) in [7, 11) is 0. The summed E-state index contributed by atoms with van der Waals surface area (Å²) in [6.07, 6.45) is 2.44. The number of anilines is 1. The third kappa shape index (κ3) is 3.82. The van der Waals surface area contributed by atoms with Gasteiger partial charge in [-0.2, -0.15) is 0 Å². The summed E-state index contributed by atoms with van der Waals surface area (Å²) in [4.78, 5) is 0. The predicted octanol–water partition coefficient (Wildman–Crippen LogP) is 4.11. The molecule has 1 aliphatic rings. The minimum absolute atomic E-state index is 0.491. The van der Waals surface area contributed by atoms with Crippen LogP contribution in [-0.4, -0.2) is 26.4 Å². The Morgan fingerprint density at radius 3 is 2.78 bits per heavy atom. The number of benzene rings is 1. The van der Waals surface area contributed by atoms with Crippen LogP contribution in [0.1, 0.15) is 18.7 Å². The van der Waals surface area contributed by atoms with Crippen molar-refractivity contribution in [1.29, 1.82) is 0 Å². The molecule has 0 unspecified atom stereocenters. The van der Waals surface area contributed by atoms with Crippen LogP contribution in [0, 0.1) is 0 Å². The first-order chi connectivity index (χ1) is 11.3. The van der Waals surface area contributed by atoms with Crippen molar-refractivity contribution in [1.82, 2.24) is 20.4 Å². The van der Waals surface area contributed by atoms with Crippen molar-refractivity contribution in [3.63, 3.8) is 0 Å². The second-order valence-electron chi connectivity index (χ2n) is 5.09. The molecule has 1 saturated carbocycles. The van der Waals surface area contributed by atoms with E-state index in [1.807, 2.05) is 12.1 Å². The Hall–Kier alpha value is -1.64. The molecule has 1 aliphatic carbocycles. The summed E-state index contributed by atoms with van der Waals surface area (Å²) in [5.41, 5.74) is 0.852. The molecule has 2 heterocycles. The molecule has 1 fully saturated rings. The lowest BCUT2D eigenvalue weighted by Crippen LogP contribution is -1.99. The van der Waals surface area contributed by atoms with Gasteiger partial charge in [0, 0.05) is 16.6 Å². The van der Waals surface area contributed by atoms with Crippen molar-refractivity contribution in [3.05, 3.63) is 35.2 Å². The third-order valence-electron chi connectivity index (χ3n) is 3.19. The summed E-state index contributed by atoms with van der Waals surface area (Å²) in [5.74, 6) is 1.62. The highest BCUT2D eigenvalue weighted by molar-refractivity contribution is 8.00. The highest BCUT2D eigenvalue weighted by Gasteiger charge is 2.22. The molecule has 0 bridgehead atoms. The van der Waals surface area contributed by atoms with Gasteiger partial charge in [-0.25, -0.2) is 0 Å². The monoisotopic (exact) mass is 365 g/mol. The van der Waals surface area contributed by atoms with Gasteiger partial charge >= 0.3 is 0 Å². The zero-order valence-corrected chi connectivity index (χ0v) is 14.3. The van der Waals surface area contributed by atoms with Crippen LogP contribution in [0.3, 0.4) is 0 Å². The number of aromatic nitrogens is 4. The zero-order valence-electron chi connectivity index (χ0n) is 11.9. The summed E-state index contributed by atoms with van der Waals surface area (Å²) in [6, 6.07) is 7.88. The highest BCUT2D eigenvalue weighted by Crippen LogP contribution is 2.31. The van der Waals surface area contributed by atoms with E-state index in [2.05, 4.69) is 25.7 Å². The van der Waals surface area contributed by atoms with Gasteiger partial charge in [0.15, 0.2) is 4.34 Å². The molecule has 2 aromatic heterocycles. The smallest absolute Gasteiger partial charge is 0.247 e. The fourth-order valence-electron chi connectivity index (χ4n) is 1.87. The number of hydrogen-bond donors (Lipinski definition) is 1. The van der Waals surface area contributed by atoms with Crippen LogP contribution in [0.15, 0.2) is 33.0 Å². The molecule has 0 radical (unpaired) electrons. The van der Waals surface area contributed by atoms with Crippen LogP contribution in [0.5, 0.6) is 0 Å². The standard InChI is InChI=1S/C14H12ClN5OS2/c15-9-3-1-8(2-4-9)12-18-17-11(21-12)7-22-14-20-19-13(23-14)16-10-5-6-10/h1-4,10H,5-7H2,(H,16,19). The van der Waals surface area contributed by atoms with Gasteiger partial charge in [0.1, 0.15) is 0 Å². The van der Waals surface area contributed by atoms with E-state index in [9.17, 15) is 0 Å². The van der Waals surface area contributed by atoms with Crippen molar-refractivity contribution in [2.75, 3.05) is 5.32 Å². The average molecular weight is 366 g/mol. The van der Waals surface area contributed by atoms with Gasteiger partial charge < -0.3 is 9.73 Å². The molecular formula is C14H12ClN5OS2. The maximum Gasteiger partial charge on any atom is 0.247 e. The molecule has 9 heteroatoms. The van der Waals surface area contributed by atoms with Gasteiger partial charge in [-0.1, -0.05) is 34.7 Å². The fraction of sp³-hybridized carbons (Fsp3) is 0.286. The van der Waals surface area contributed by atoms with Crippen LogP contribution in [0.2, 0.25) is 5.02 Å². The highest BCUT2D eigenvalue weighted by atomic mass is 35.5. The van der Waals surface area contributed by atoms with Crippen molar-refractivity contribution >= 4 is 39.8 Å². The van der Waals surface area contributed by atoms with Crippen LogP contribution >= 0.6 is 34.7 Å². The topological polar surface area (TPSA) is 76.7 Å². The van der Waals surface area contributed by atoms with E-state index in [1.54, 1.807) is 35.2 Å². The Morgan fingerprint density at radius 1 is 1.17 bits per heavy atom. The molecule has 0 atom stereocenters. The minimum Gasteiger partial charge on any atom is -0.420 e. The molecule has 4 rings (SSSR count). The van der Waals surface area contributed by atoms with Gasteiger partial charge in [-0.05, 0) is 37.1 Å². The van der Waals surface area contributed by atoms with E-state index in [-0.39, 0.29) is 0 Å². The number of thioether (sulfide) groups is 1. The largest absolute Gasteiger partial charge is 0.420 e. The Labute approximate surface area is 145 Å². The molecule has 0 spiro atoms. The van der Waals surface area contributed by atoms with E-state index in [1.165, 1.54) is 12.8 Å². The number of hydrogen-bond acceptors (Lipinski definition) is 8. The van der Waals surface area contributed by atoms with Crippen LogP contribution in [0.4, 0.5) is 5.13 Å². The van der Waals surface area contributed by atoms with Crippen molar-refractivity contribution in [2.45, 2.75) is 29.0 Å². The van der Waals surface area contributed by atoms with Gasteiger partial charge in [0.05, 0.1) is 5.75 Å². The Morgan fingerprint density at radius 2 is 2.00 bits per heavy atom. The second-order valence-corrected chi connectivity index (χ2v) is 7.72. The molecule has 6 nitrogen and oxygen atoms in total. The van der Waals surface area contributed by atoms with Gasteiger partial charge in [0.25, 0.3) is 0 Å². The second kappa shape index (κ2) is 6.46. The van der Waals surface area contributed by atoms with Crippen molar-refractivity contribution < 1.29 is 4.42 Å². The predicted molar refractivity (Wildman–Crippen MR) is 90.9 cm³/mol. The summed E-state index contributed by atoms with van der Waals surface area (Å²) < 4.78 is 6.56. The lowest BCUT2D eigenvalue weighted by molar-refractivity contribution is 0.528. The molecule has 0 amide bonds. The molecule has 1 aromatic carbocycles. The van der Waals surface area contributed by atoms with Gasteiger partial charge in [-0.15, -0.1) is 20.4 Å². The minimum atomic E-state index is 0.491. The quantitative estimate of drug-likeness (QED) is 0.658. The molecule has 23 heavy (non-hydrogen) atoms. The first-order valence-electron chi connectivity index (χ1n) is 7.07. The lowest BCUT2D eigenvalue weighted by atomic mass is 10.2. The van der Waals surface area contributed by atoms with Crippen LogP contribution in [-0.2, 0) is 5.75 Å². The summed E-state index contributed by atoms with van der Waals surface area (Å²) in [6.45, 7) is 0.